The van der Waals surface area contributed by atoms with Crippen LogP contribution in [0.2, 0.25) is 0 Å². The molecule has 4 fully saturated rings. The Kier molecular flexibility index (Phi) is 3.84. The highest BCUT2D eigenvalue weighted by atomic mass is 17.3. The second-order valence-corrected chi connectivity index (χ2v) is 6.77. The Morgan fingerprint density at radius 3 is 2.57 bits per heavy atom. The molecule has 1 aromatic rings. The van der Waals surface area contributed by atoms with Crippen molar-refractivity contribution in [3.63, 3.8) is 0 Å². The van der Waals surface area contributed by atoms with Crippen molar-refractivity contribution in [2.24, 2.45) is 5.92 Å². The van der Waals surface area contributed by atoms with Crippen LogP contribution >= 0.6 is 0 Å². The summed E-state index contributed by atoms with van der Waals surface area (Å²) in [5, 5.41) is 0. The van der Waals surface area contributed by atoms with Crippen LogP contribution in [0.4, 0.5) is 0 Å². The number of ether oxygens (including phenoxy) is 3. The third kappa shape index (κ3) is 2.30. The predicted molar refractivity (Wildman–Crippen MR) is 82.6 cm³/mol. The Balaban J connectivity index is 1.70. The zero-order chi connectivity index (χ0) is 15.9. The van der Waals surface area contributed by atoms with Crippen LogP contribution in [0.3, 0.4) is 0 Å². The smallest absolute Gasteiger partial charge is 0.230 e. The summed E-state index contributed by atoms with van der Waals surface area (Å²) >= 11 is 0. The van der Waals surface area contributed by atoms with Crippen molar-refractivity contribution in [2.45, 2.75) is 56.2 Å². The standard InChI is InChI=1S/C18H24O5/c1-19-15-8-6-14(7-9-15)18-12-10-13-5-3-4-11-17(13,22-23-18)16(20-2)21-18/h6-9,13,16H,3-5,10-12H2,1-2H3/t13-,16?,17+,18+/m1/s1. The second kappa shape index (κ2) is 5.74. The van der Waals surface area contributed by atoms with Gasteiger partial charge in [0.05, 0.1) is 7.11 Å². The van der Waals surface area contributed by atoms with Gasteiger partial charge in [-0.2, -0.15) is 4.89 Å². The molecule has 0 amide bonds. The maximum Gasteiger partial charge on any atom is 0.230 e. The zero-order valence-electron chi connectivity index (χ0n) is 13.7. The maximum atomic E-state index is 6.36. The molecule has 126 valence electrons. The molecule has 1 saturated carbocycles. The Bertz CT molecular complexity index is 555. The summed E-state index contributed by atoms with van der Waals surface area (Å²) < 4.78 is 17.3. The van der Waals surface area contributed by atoms with Crippen LogP contribution in [0.15, 0.2) is 24.3 Å². The zero-order valence-corrected chi connectivity index (χ0v) is 13.7. The van der Waals surface area contributed by atoms with Gasteiger partial charge in [0.15, 0.2) is 11.9 Å². The van der Waals surface area contributed by atoms with Crippen LogP contribution in [0.5, 0.6) is 5.75 Å². The highest BCUT2D eigenvalue weighted by Crippen LogP contribution is 2.55. The molecule has 1 aromatic carbocycles. The summed E-state index contributed by atoms with van der Waals surface area (Å²) in [5.41, 5.74) is 0.480. The summed E-state index contributed by atoms with van der Waals surface area (Å²) in [7, 11) is 3.35. The largest absolute Gasteiger partial charge is 0.497 e. The fourth-order valence-corrected chi connectivity index (χ4v) is 4.34. The molecular formula is C18H24O5. The third-order valence-corrected chi connectivity index (χ3v) is 5.65. The number of benzene rings is 1. The summed E-state index contributed by atoms with van der Waals surface area (Å²) in [6, 6.07) is 7.78. The van der Waals surface area contributed by atoms with E-state index in [1.165, 1.54) is 6.42 Å². The van der Waals surface area contributed by atoms with Crippen molar-refractivity contribution in [3.05, 3.63) is 29.8 Å². The SMILES string of the molecule is COc1ccc([C@]23CC[C@H]4CCCC[C@@]4(OO2)C(OC)O3)cc1. The fourth-order valence-electron chi connectivity index (χ4n) is 4.34. The number of fused-ring (bicyclic) bond motifs is 3. The van der Waals surface area contributed by atoms with Gasteiger partial charge in [-0.05, 0) is 49.4 Å². The van der Waals surface area contributed by atoms with Crippen LogP contribution < -0.4 is 4.74 Å². The lowest BCUT2D eigenvalue weighted by Gasteiger charge is -2.49. The van der Waals surface area contributed by atoms with Crippen LogP contribution in [0.1, 0.15) is 44.1 Å². The van der Waals surface area contributed by atoms with Crippen LogP contribution in [0.25, 0.3) is 0 Å². The summed E-state index contributed by atoms with van der Waals surface area (Å²) in [6.45, 7) is 0. The third-order valence-electron chi connectivity index (χ3n) is 5.65. The van der Waals surface area contributed by atoms with Gasteiger partial charge in [-0.1, -0.05) is 12.8 Å². The predicted octanol–water partition coefficient (Wildman–Crippen LogP) is 3.52. The molecule has 3 aliphatic heterocycles. The van der Waals surface area contributed by atoms with Gasteiger partial charge in [0, 0.05) is 19.1 Å². The maximum absolute atomic E-state index is 6.36. The van der Waals surface area contributed by atoms with E-state index in [2.05, 4.69) is 0 Å². The minimum Gasteiger partial charge on any atom is -0.497 e. The van der Waals surface area contributed by atoms with Crippen molar-refractivity contribution < 1.29 is 24.0 Å². The quantitative estimate of drug-likeness (QED) is 0.797. The van der Waals surface area contributed by atoms with Crippen LogP contribution in [0, 0.1) is 5.92 Å². The first-order valence-electron chi connectivity index (χ1n) is 8.44. The van der Waals surface area contributed by atoms with E-state index < -0.39 is 17.7 Å². The topological polar surface area (TPSA) is 46.2 Å². The summed E-state index contributed by atoms with van der Waals surface area (Å²) in [5.74, 6) is 0.336. The molecule has 4 atom stereocenters. The second-order valence-electron chi connectivity index (χ2n) is 6.77. The molecule has 2 bridgehead atoms. The first-order valence-corrected chi connectivity index (χ1v) is 8.44. The van der Waals surface area contributed by atoms with Gasteiger partial charge in [0.2, 0.25) is 5.79 Å². The van der Waals surface area contributed by atoms with Crippen molar-refractivity contribution in [2.75, 3.05) is 14.2 Å². The first-order chi connectivity index (χ1) is 11.2. The molecule has 23 heavy (non-hydrogen) atoms. The average molecular weight is 320 g/mol. The lowest BCUT2D eigenvalue weighted by Crippen LogP contribution is -2.59. The van der Waals surface area contributed by atoms with Crippen LogP contribution in [-0.2, 0) is 25.0 Å². The van der Waals surface area contributed by atoms with E-state index in [9.17, 15) is 0 Å². The summed E-state index contributed by atoms with van der Waals surface area (Å²) in [4.78, 5) is 11.9. The molecule has 1 aliphatic carbocycles. The number of hydrogen-bond donors (Lipinski definition) is 0. The van der Waals surface area contributed by atoms with E-state index in [4.69, 9.17) is 24.0 Å². The minimum absolute atomic E-state index is 0.397. The number of hydrogen-bond acceptors (Lipinski definition) is 5. The van der Waals surface area contributed by atoms with Gasteiger partial charge in [0.1, 0.15) is 5.75 Å². The molecule has 4 aliphatic rings. The van der Waals surface area contributed by atoms with Crippen molar-refractivity contribution >= 4 is 0 Å². The van der Waals surface area contributed by atoms with Gasteiger partial charge in [-0.15, -0.1) is 0 Å². The average Bonchev–Trinajstić information content (AvgIpc) is 2.88. The Morgan fingerprint density at radius 2 is 1.83 bits per heavy atom. The molecule has 1 unspecified atom stereocenters. The normalized spacial score (nSPS) is 39.6. The molecular weight excluding hydrogens is 296 g/mol. The van der Waals surface area contributed by atoms with E-state index in [0.29, 0.717) is 5.92 Å². The highest BCUT2D eigenvalue weighted by Gasteiger charge is 2.61. The molecule has 5 nitrogen and oxygen atoms in total. The van der Waals surface area contributed by atoms with E-state index >= 15 is 0 Å². The molecule has 5 rings (SSSR count). The lowest BCUT2D eigenvalue weighted by atomic mass is 9.73. The molecule has 3 heterocycles. The number of methoxy groups -OCH3 is 2. The van der Waals surface area contributed by atoms with Gasteiger partial charge < -0.3 is 14.2 Å². The molecule has 0 aromatic heterocycles. The highest BCUT2D eigenvalue weighted by molar-refractivity contribution is 5.30. The van der Waals surface area contributed by atoms with E-state index in [-0.39, 0.29) is 0 Å². The van der Waals surface area contributed by atoms with Gasteiger partial charge in [-0.3, -0.25) is 0 Å². The van der Waals surface area contributed by atoms with Crippen LogP contribution in [-0.4, -0.2) is 26.1 Å². The molecule has 3 saturated heterocycles. The summed E-state index contributed by atoms with van der Waals surface area (Å²) in [6.07, 6.45) is 5.82. The Morgan fingerprint density at radius 1 is 1.00 bits per heavy atom. The van der Waals surface area contributed by atoms with E-state index in [1.807, 2.05) is 24.3 Å². The Labute approximate surface area is 136 Å². The van der Waals surface area contributed by atoms with Crippen molar-refractivity contribution in [1.29, 1.82) is 0 Å². The minimum atomic E-state index is -0.893. The number of rotatable bonds is 3. The van der Waals surface area contributed by atoms with Gasteiger partial charge in [-0.25, -0.2) is 4.89 Å². The van der Waals surface area contributed by atoms with Crippen molar-refractivity contribution in [3.8, 4) is 5.75 Å². The fraction of sp³-hybridized carbons (Fsp3) is 0.667. The van der Waals surface area contributed by atoms with E-state index in [0.717, 1.165) is 43.4 Å². The van der Waals surface area contributed by atoms with Gasteiger partial charge >= 0.3 is 0 Å². The first kappa shape index (κ1) is 15.4. The van der Waals surface area contributed by atoms with Gasteiger partial charge in [0.25, 0.3) is 0 Å². The Hall–Kier alpha value is -1.14. The molecule has 1 spiro atoms. The monoisotopic (exact) mass is 320 g/mol. The van der Waals surface area contributed by atoms with Crippen molar-refractivity contribution in [1.82, 2.24) is 0 Å². The molecule has 0 radical (unpaired) electrons. The molecule has 0 N–H and O–H groups in total. The van der Waals surface area contributed by atoms with E-state index in [1.54, 1.807) is 14.2 Å². The molecule has 5 heteroatoms. The lowest BCUT2D eigenvalue weighted by molar-refractivity contribution is -0.558.